The molecule has 8 rings (SSSR count). The largest absolute Gasteiger partial charge is 0.256 e. The zero-order valence-corrected chi connectivity index (χ0v) is 26.2. The van der Waals surface area contributed by atoms with Gasteiger partial charge in [0.05, 0.1) is 11.4 Å². The highest BCUT2D eigenvalue weighted by Gasteiger charge is 2.33. The van der Waals surface area contributed by atoms with Crippen molar-refractivity contribution in [2.75, 3.05) is 0 Å². The van der Waals surface area contributed by atoms with Crippen molar-refractivity contribution < 1.29 is 0 Å². The number of nitrogens with zero attached hydrogens (tertiary/aromatic N) is 2. The molecule has 218 valence electrons. The second-order valence-electron chi connectivity index (χ2n) is 12.5. The predicted molar refractivity (Wildman–Crippen MR) is 195 cm³/mol. The van der Waals surface area contributed by atoms with E-state index in [0.717, 1.165) is 39.2 Å². The Morgan fingerprint density at radius 3 is 1.83 bits per heavy atom. The molecular formula is C44H32N2. The van der Waals surface area contributed by atoms with Gasteiger partial charge in [-0.15, -0.1) is 6.42 Å². The number of hydrogen-bond donors (Lipinski definition) is 0. The zero-order valence-electron chi connectivity index (χ0n) is 26.2. The Morgan fingerprint density at radius 2 is 1.28 bits per heavy atom. The lowest BCUT2D eigenvalue weighted by atomic mass is 9.68. The number of benzene rings is 5. The molecule has 0 unspecified atom stereocenters. The SMILES string of the molecule is C#C/C=C\C(=C/C)c1ccc(-c2ccc3c4c2ccc2ccc5c(-c6ccc(-c7ccccc7)cn6)ccc(c5c24)C3(C)C)nc1. The molecule has 0 spiro atoms. The number of hydrogen-bond acceptors (Lipinski definition) is 2. The average molecular weight is 589 g/mol. The van der Waals surface area contributed by atoms with Crippen molar-refractivity contribution in [3.8, 4) is 46.0 Å². The molecule has 0 N–H and O–H groups in total. The van der Waals surface area contributed by atoms with Gasteiger partial charge in [-0.25, -0.2) is 0 Å². The molecule has 1 aliphatic rings. The monoisotopic (exact) mass is 588 g/mol. The molecular weight excluding hydrogens is 556 g/mol. The van der Waals surface area contributed by atoms with E-state index in [4.69, 9.17) is 16.4 Å². The summed E-state index contributed by atoms with van der Waals surface area (Å²) < 4.78 is 0. The van der Waals surface area contributed by atoms with Gasteiger partial charge in [0.15, 0.2) is 0 Å². The van der Waals surface area contributed by atoms with Crippen LogP contribution in [0.15, 0.2) is 134 Å². The lowest BCUT2D eigenvalue weighted by Crippen LogP contribution is -2.22. The van der Waals surface area contributed by atoms with Crippen molar-refractivity contribution in [1.82, 2.24) is 9.97 Å². The number of pyridine rings is 2. The summed E-state index contributed by atoms with van der Waals surface area (Å²) in [6.07, 6.45) is 15.1. The second kappa shape index (κ2) is 10.7. The van der Waals surface area contributed by atoms with Crippen LogP contribution in [-0.2, 0) is 5.41 Å². The fourth-order valence-corrected chi connectivity index (χ4v) is 7.32. The van der Waals surface area contributed by atoms with E-state index < -0.39 is 0 Å². The Hall–Kier alpha value is -5.78. The normalized spacial score (nSPS) is 13.7. The maximum absolute atomic E-state index is 5.45. The van der Waals surface area contributed by atoms with E-state index in [2.05, 4.69) is 123 Å². The van der Waals surface area contributed by atoms with Gasteiger partial charge in [-0.3, -0.25) is 9.97 Å². The Bertz CT molecular complexity index is 2420. The summed E-state index contributed by atoms with van der Waals surface area (Å²) in [5, 5.41) is 7.68. The van der Waals surface area contributed by atoms with Crippen molar-refractivity contribution in [2.45, 2.75) is 26.2 Å². The molecule has 0 saturated heterocycles. The fraction of sp³-hybridized carbons (Fsp3) is 0.0909. The van der Waals surface area contributed by atoms with E-state index >= 15 is 0 Å². The first-order chi connectivity index (χ1) is 22.5. The van der Waals surface area contributed by atoms with Gasteiger partial charge >= 0.3 is 0 Å². The summed E-state index contributed by atoms with van der Waals surface area (Å²) in [5.41, 5.74) is 11.1. The summed E-state index contributed by atoms with van der Waals surface area (Å²) >= 11 is 0. The van der Waals surface area contributed by atoms with Gasteiger partial charge in [0, 0.05) is 34.5 Å². The average Bonchev–Trinajstić information content (AvgIpc) is 3.11. The molecule has 46 heavy (non-hydrogen) atoms. The minimum atomic E-state index is -0.178. The predicted octanol–water partition coefficient (Wildman–Crippen LogP) is 11.2. The van der Waals surface area contributed by atoms with Crippen LogP contribution in [0, 0.1) is 12.3 Å². The molecule has 7 aromatic rings. The molecule has 2 heterocycles. The second-order valence-corrected chi connectivity index (χ2v) is 12.5. The van der Waals surface area contributed by atoms with Crippen molar-refractivity contribution >= 4 is 37.9 Å². The van der Waals surface area contributed by atoms with E-state index in [-0.39, 0.29) is 5.41 Å². The van der Waals surface area contributed by atoms with Crippen molar-refractivity contribution in [2.24, 2.45) is 0 Å². The Morgan fingerprint density at radius 1 is 0.652 bits per heavy atom. The first-order valence-electron chi connectivity index (χ1n) is 15.7. The third-order valence-corrected chi connectivity index (χ3v) is 9.67. The molecule has 0 amide bonds. The quantitative estimate of drug-likeness (QED) is 0.114. The van der Waals surface area contributed by atoms with Crippen LogP contribution in [0.2, 0.25) is 0 Å². The highest BCUT2D eigenvalue weighted by Crippen LogP contribution is 2.51. The zero-order chi connectivity index (χ0) is 31.4. The Kier molecular flexibility index (Phi) is 6.45. The number of aromatic nitrogens is 2. The molecule has 1 aliphatic carbocycles. The van der Waals surface area contributed by atoms with Crippen LogP contribution in [0.3, 0.4) is 0 Å². The van der Waals surface area contributed by atoms with Crippen molar-refractivity contribution in [1.29, 1.82) is 0 Å². The Balaban J connectivity index is 1.33. The van der Waals surface area contributed by atoms with Gasteiger partial charge in [-0.1, -0.05) is 117 Å². The van der Waals surface area contributed by atoms with Crippen molar-refractivity contribution in [3.05, 3.63) is 150 Å². The van der Waals surface area contributed by atoms with Crippen molar-refractivity contribution in [3.63, 3.8) is 0 Å². The summed E-state index contributed by atoms with van der Waals surface area (Å²) in [4.78, 5) is 9.92. The maximum Gasteiger partial charge on any atom is 0.0708 e. The van der Waals surface area contributed by atoms with Gasteiger partial charge in [0.2, 0.25) is 0 Å². The number of rotatable bonds is 5. The molecule has 2 nitrogen and oxygen atoms in total. The summed E-state index contributed by atoms with van der Waals surface area (Å²) in [6, 6.07) is 37.3. The lowest BCUT2D eigenvalue weighted by molar-refractivity contribution is 0.652. The fourth-order valence-electron chi connectivity index (χ4n) is 7.32. The van der Waals surface area contributed by atoms with Crippen LogP contribution in [0.5, 0.6) is 0 Å². The first kappa shape index (κ1) is 27.7. The van der Waals surface area contributed by atoms with Crippen LogP contribution in [-0.4, -0.2) is 9.97 Å². The van der Waals surface area contributed by atoms with Gasteiger partial charge in [0.1, 0.15) is 0 Å². The standard InChI is InChI=1S/C44H32N2/c1-5-7-11-28(6-2)31-16-24-39(45-26-31)33-20-22-37-42-35(33)18-14-30-15-19-36-34(21-23-38(44(37,3)4)43(36)41(30)42)40-25-17-32(27-46-40)29-12-9-8-10-13-29/h1,6-27H,2-4H3/b11-7-,28-6+. The molecule has 0 fully saturated rings. The molecule has 0 saturated carbocycles. The van der Waals surface area contributed by atoms with E-state index in [0.29, 0.717) is 0 Å². The molecule has 0 bridgehead atoms. The topological polar surface area (TPSA) is 25.8 Å². The van der Waals surface area contributed by atoms with E-state index in [1.807, 2.05) is 31.5 Å². The maximum atomic E-state index is 5.45. The first-order valence-corrected chi connectivity index (χ1v) is 15.7. The van der Waals surface area contributed by atoms with Crippen LogP contribution in [0.25, 0.3) is 71.5 Å². The van der Waals surface area contributed by atoms with Crippen LogP contribution in [0.4, 0.5) is 0 Å². The van der Waals surface area contributed by atoms with Gasteiger partial charge in [-0.2, -0.15) is 0 Å². The van der Waals surface area contributed by atoms with Gasteiger partial charge in [-0.05, 0) is 91.4 Å². The number of terminal acetylenes is 1. The molecule has 0 atom stereocenters. The third kappa shape index (κ3) is 4.20. The minimum Gasteiger partial charge on any atom is -0.256 e. The van der Waals surface area contributed by atoms with Gasteiger partial charge in [0.25, 0.3) is 0 Å². The van der Waals surface area contributed by atoms with E-state index in [1.54, 1.807) is 6.08 Å². The minimum absolute atomic E-state index is 0.178. The summed E-state index contributed by atoms with van der Waals surface area (Å²) in [6.45, 7) is 6.72. The van der Waals surface area contributed by atoms with E-state index in [9.17, 15) is 0 Å². The summed E-state index contributed by atoms with van der Waals surface area (Å²) in [7, 11) is 0. The lowest BCUT2D eigenvalue weighted by Gasteiger charge is -2.35. The third-order valence-electron chi connectivity index (χ3n) is 9.67. The smallest absolute Gasteiger partial charge is 0.0708 e. The molecule has 2 heteroatoms. The molecule has 2 aromatic heterocycles. The molecule has 0 radical (unpaired) electrons. The van der Waals surface area contributed by atoms with Crippen LogP contribution in [0.1, 0.15) is 37.5 Å². The highest BCUT2D eigenvalue weighted by atomic mass is 14.7. The number of allylic oxidation sites excluding steroid dienone is 4. The molecule has 0 aliphatic heterocycles. The Labute approximate surface area is 269 Å². The van der Waals surface area contributed by atoms with Crippen LogP contribution >= 0.6 is 0 Å². The molecule has 5 aromatic carbocycles. The van der Waals surface area contributed by atoms with Gasteiger partial charge < -0.3 is 0 Å². The van der Waals surface area contributed by atoms with E-state index in [1.165, 1.54) is 49.0 Å². The summed E-state index contributed by atoms with van der Waals surface area (Å²) in [5.74, 6) is 2.58. The van der Waals surface area contributed by atoms with Crippen LogP contribution < -0.4 is 0 Å². The highest BCUT2D eigenvalue weighted by molar-refractivity contribution is 6.27.